The van der Waals surface area contributed by atoms with Gasteiger partial charge in [-0.2, -0.15) is 0 Å². The molecular formula is C24H24N2O5. The fourth-order valence-corrected chi connectivity index (χ4v) is 5.38. The van der Waals surface area contributed by atoms with Gasteiger partial charge >= 0.3 is 12.1 Å². The lowest BCUT2D eigenvalue weighted by Gasteiger charge is -2.38. The zero-order valence-corrected chi connectivity index (χ0v) is 17.2. The molecule has 31 heavy (non-hydrogen) atoms. The molecule has 2 saturated heterocycles. The summed E-state index contributed by atoms with van der Waals surface area (Å²) in [6.45, 7) is 2.16. The number of fused-ring (bicyclic) bond motifs is 4. The van der Waals surface area contributed by atoms with Crippen LogP contribution in [0.4, 0.5) is 4.79 Å². The van der Waals surface area contributed by atoms with Gasteiger partial charge in [0.05, 0.1) is 0 Å². The molecule has 0 aromatic heterocycles. The van der Waals surface area contributed by atoms with Gasteiger partial charge in [0, 0.05) is 12.5 Å². The van der Waals surface area contributed by atoms with Gasteiger partial charge in [-0.15, -0.1) is 0 Å². The third kappa shape index (κ3) is 2.99. The van der Waals surface area contributed by atoms with Gasteiger partial charge in [0.1, 0.15) is 18.2 Å². The number of carboxylic acid groups (broad SMARTS) is 1. The lowest BCUT2D eigenvalue weighted by atomic mass is 9.73. The van der Waals surface area contributed by atoms with Crippen molar-refractivity contribution < 1.29 is 24.2 Å². The maximum atomic E-state index is 12.8. The molecule has 0 radical (unpaired) electrons. The molecule has 2 amide bonds. The minimum absolute atomic E-state index is 0.0646. The Morgan fingerprint density at radius 3 is 2.26 bits per heavy atom. The average Bonchev–Trinajstić information content (AvgIpc) is 3.40. The van der Waals surface area contributed by atoms with Crippen molar-refractivity contribution in [3.63, 3.8) is 0 Å². The molecule has 2 aliphatic heterocycles. The van der Waals surface area contributed by atoms with Crippen molar-refractivity contribution in [1.82, 2.24) is 10.2 Å². The first-order chi connectivity index (χ1) is 14.9. The zero-order valence-electron chi connectivity index (χ0n) is 17.2. The molecule has 2 N–H and O–H groups in total. The summed E-state index contributed by atoms with van der Waals surface area (Å²) in [6, 6.07) is 15.3. The number of aliphatic carboxylic acids is 1. The summed E-state index contributed by atoms with van der Waals surface area (Å²) >= 11 is 0. The van der Waals surface area contributed by atoms with Crippen molar-refractivity contribution >= 4 is 18.0 Å². The van der Waals surface area contributed by atoms with Gasteiger partial charge in [-0.25, -0.2) is 9.59 Å². The van der Waals surface area contributed by atoms with Crippen molar-refractivity contribution in [2.75, 3.05) is 13.2 Å². The third-order valence-electron chi connectivity index (χ3n) is 6.92. The monoisotopic (exact) mass is 420 g/mol. The van der Waals surface area contributed by atoms with E-state index in [-0.39, 0.29) is 24.3 Å². The molecule has 2 aromatic carbocycles. The van der Waals surface area contributed by atoms with Crippen LogP contribution in [-0.4, -0.2) is 52.7 Å². The van der Waals surface area contributed by atoms with Gasteiger partial charge in [-0.05, 0) is 47.9 Å². The van der Waals surface area contributed by atoms with Gasteiger partial charge in [-0.1, -0.05) is 48.5 Å². The topological polar surface area (TPSA) is 95.9 Å². The highest BCUT2D eigenvalue weighted by atomic mass is 16.5. The molecular weight excluding hydrogens is 396 g/mol. The summed E-state index contributed by atoms with van der Waals surface area (Å²) in [4.78, 5) is 38.3. The van der Waals surface area contributed by atoms with Crippen LogP contribution in [0, 0.1) is 5.92 Å². The number of amides is 2. The molecule has 0 spiro atoms. The highest BCUT2D eigenvalue weighted by Crippen LogP contribution is 2.51. The SMILES string of the molecule is CC(NC(=O)OCC1c2ccccc2-c2ccccc21)C(=O)N1CC2CC1(C(=O)O)C2. The number of alkyl carbamates (subject to hydrolysis) is 1. The van der Waals surface area contributed by atoms with Crippen molar-refractivity contribution in [3.05, 3.63) is 59.7 Å². The summed E-state index contributed by atoms with van der Waals surface area (Å²) < 4.78 is 5.50. The number of carbonyl (C=O) groups is 3. The first-order valence-corrected chi connectivity index (χ1v) is 10.6. The minimum atomic E-state index is -1.10. The number of nitrogens with zero attached hydrogens (tertiary/aromatic N) is 1. The smallest absolute Gasteiger partial charge is 0.407 e. The molecule has 1 atom stereocenters. The van der Waals surface area contributed by atoms with Crippen LogP contribution in [0.1, 0.15) is 36.8 Å². The molecule has 4 aliphatic rings. The Kier molecular flexibility index (Phi) is 4.50. The molecule has 160 valence electrons. The normalized spacial score (nSPS) is 24.0. The Hall–Kier alpha value is -3.35. The van der Waals surface area contributed by atoms with Crippen LogP contribution in [0.15, 0.2) is 48.5 Å². The number of benzene rings is 2. The second-order valence-electron chi connectivity index (χ2n) is 8.75. The molecule has 6 rings (SSSR count). The van der Waals surface area contributed by atoms with E-state index in [0.717, 1.165) is 22.3 Å². The molecule has 7 nitrogen and oxygen atoms in total. The van der Waals surface area contributed by atoms with E-state index >= 15 is 0 Å². The summed E-state index contributed by atoms with van der Waals surface area (Å²) in [5.74, 6) is -1.18. The fourth-order valence-electron chi connectivity index (χ4n) is 5.38. The van der Waals surface area contributed by atoms with Crippen molar-refractivity contribution in [2.24, 2.45) is 5.92 Å². The highest BCUT2D eigenvalue weighted by molar-refractivity contribution is 5.93. The predicted octanol–water partition coefficient (Wildman–Crippen LogP) is 2.99. The summed E-state index contributed by atoms with van der Waals surface area (Å²) in [5, 5.41) is 12.1. The molecule has 2 aliphatic carbocycles. The van der Waals surface area contributed by atoms with Crippen molar-refractivity contribution in [2.45, 2.75) is 37.3 Å². The molecule has 2 bridgehead atoms. The number of ether oxygens (including phenoxy) is 1. The van der Waals surface area contributed by atoms with Crippen LogP contribution in [0.25, 0.3) is 11.1 Å². The molecule has 1 unspecified atom stereocenters. The number of carbonyl (C=O) groups excluding carboxylic acids is 2. The lowest BCUT2D eigenvalue weighted by Crippen LogP contribution is -2.58. The zero-order chi connectivity index (χ0) is 21.8. The summed E-state index contributed by atoms with van der Waals surface area (Å²) in [6.07, 6.45) is 0.302. The second kappa shape index (κ2) is 7.11. The average molecular weight is 420 g/mol. The number of hydrogen-bond acceptors (Lipinski definition) is 4. The van der Waals surface area contributed by atoms with E-state index in [9.17, 15) is 19.5 Å². The van der Waals surface area contributed by atoms with Crippen LogP contribution in [0.3, 0.4) is 0 Å². The van der Waals surface area contributed by atoms with E-state index in [1.54, 1.807) is 6.92 Å². The highest BCUT2D eigenvalue weighted by Gasteiger charge is 2.63. The number of nitrogens with one attached hydrogen (secondary N) is 1. The van der Waals surface area contributed by atoms with Crippen LogP contribution >= 0.6 is 0 Å². The Bertz CT molecular complexity index is 1030. The van der Waals surface area contributed by atoms with Gasteiger partial charge in [0.15, 0.2) is 0 Å². The Balaban J connectivity index is 1.23. The molecule has 2 aromatic rings. The maximum Gasteiger partial charge on any atom is 0.407 e. The number of carboxylic acids is 1. The third-order valence-corrected chi connectivity index (χ3v) is 6.92. The van der Waals surface area contributed by atoms with Crippen molar-refractivity contribution in [3.8, 4) is 11.1 Å². The summed E-state index contributed by atoms with van der Waals surface area (Å²) in [5.41, 5.74) is 3.41. The van der Waals surface area contributed by atoms with Crippen molar-refractivity contribution in [1.29, 1.82) is 0 Å². The van der Waals surface area contributed by atoms with E-state index in [1.165, 1.54) is 4.90 Å². The Labute approximate surface area is 180 Å². The van der Waals surface area contributed by atoms with Gasteiger partial charge < -0.3 is 20.1 Å². The minimum Gasteiger partial charge on any atom is -0.479 e. The summed E-state index contributed by atoms with van der Waals surface area (Å²) in [7, 11) is 0. The fraction of sp³-hybridized carbons (Fsp3) is 0.375. The standard InChI is InChI=1S/C24H24N2O5/c1-14(21(27)26-12-15-10-24(26,11-15)22(28)29)25-23(30)31-13-20-18-8-4-2-6-16(18)17-7-3-5-9-19(17)20/h2-9,14-15,20H,10-13H2,1H3,(H,25,30)(H,28,29). The van der Waals surface area contributed by atoms with E-state index in [4.69, 9.17) is 4.74 Å². The molecule has 1 saturated carbocycles. The molecule has 7 heteroatoms. The second-order valence-corrected chi connectivity index (χ2v) is 8.75. The van der Waals surface area contributed by atoms with Gasteiger partial charge in [-0.3, -0.25) is 4.79 Å². The Morgan fingerprint density at radius 1 is 1.10 bits per heavy atom. The largest absolute Gasteiger partial charge is 0.479 e. The maximum absolute atomic E-state index is 12.8. The quantitative estimate of drug-likeness (QED) is 0.775. The lowest BCUT2D eigenvalue weighted by molar-refractivity contribution is -0.159. The van der Waals surface area contributed by atoms with Crippen LogP contribution < -0.4 is 5.32 Å². The molecule has 2 heterocycles. The van der Waals surface area contributed by atoms with Gasteiger partial charge in [0.25, 0.3) is 0 Å². The van der Waals surface area contributed by atoms with Crippen LogP contribution in [0.5, 0.6) is 0 Å². The van der Waals surface area contributed by atoms with E-state index in [0.29, 0.717) is 19.4 Å². The van der Waals surface area contributed by atoms with E-state index < -0.39 is 23.6 Å². The Morgan fingerprint density at radius 2 is 1.68 bits per heavy atom. The van der Waals surface area contributed by atoms with Crippen LogP contribution in [0.2, 0.25) is 0 Å². The number of hydrogen-bond donors (Lipinski definition) is 2. The first kappa shape index (κ1) is 19.6. The van der Waals surface area contributed by atoms with Crippen LogP contribution in [-0.2, 0) is 14.3 Å². The molecule has 3 fully saturated rings. The number of rotatable bonds is 5. The van der Waals surface area contributed by atoms with Gasteiger partial charge in [0.2, 0.25) is 5.91 Å². The van der Waals surface area contributed by atoms with E-state index in [2.05, 4.69) is 17.4 Å². The van der Waals surface area contributed by atoms with E-state index in [1.807, 2.05) is 36.4 Å². The first-order valence-electron chi connectivity index (χ1n) is 10.6. The predicted molar refractivity (Wildman–Crippen MR) is 112 cm³/mol.